The lowest BCUT2D eigenvalue weighted by molar-refractivity contribution is 0.718. The minimum atomic E-state index is -0.508. The smallest absolute Gasteiger partial charge is 0.318 e. The Hall–Kier alpha value is -5.12. The third kappa shape index (κ3) is 4.11. The van der Waals surface area contributed by atoms with Crippen molar-refractivity contribution in [1.29, 1.82) is 0 Å². The second-order valence-corrected chi connectivity index (χ2v) is 8.95. The molecule has 0 spiro atoms. The molecule has 0 aliphatic heterocycles. The third-order valence-electron chi connectivity index (χ3n) is 6.49. The molecular weight excluding hydrogens is 480 g/mol. The maximum absolute atomic E-state index is 13.6. The summed E-state index contributed by atoms with van der Waals surface area (Å²) in [5, 5.41) is 14.4. The van der Waals surface area contributed by atoms with Crippen molar-refractivity contribution in [2.24, 2.45) is 0 Å². The van der Waals surface area contributed by atoms with Crippen LogP contribution in [0.1, 0.15) is 24.7 Å². The number of nitrogens with zero attached hydrogens (tertiary/aromatic N) is 6. The molecule has 0 fully saturated rings. The molecule has 0 saturated heterocycles. The summed E-state index contributed by atoms with van der Waals surface area (Å²) in [6.45, 7) is 2.50. The van der Waals surface area contributed by atoms with Gasteiger partial charge in [-0.25, -0.2) is 14.3 Å². The van der Waals surface area contributed by atoms with E-state index in [0.717, 1.165) is 39.1 Å². The normalized spacial score (nSPS) is 11.3. The van der Waals surface area contributed by atoms with Gasteiger partial charge >= 0.3 is 5.69 Å². The molecule has 0 unspecified atom stereocenters. The third-order valence-corrected chi connectivity index (χ3v) is 6.49. The monoisotopic (exact) mass is 504 g/mol. The van der Waals surface area contributed by atoms with E-state index in [-0.39, 0.29) is 0 Å². The van der Waals surface area contributed by atoms with Gasteiger partial charge in [0.25, 0.3) is 5.56 Å². The number of nitrogens with one attached hydrogen (secondary N) is 2. The predicted octanol–water partition coefficient (Wildman–Crippen LogP) is 3.72. The Bertz CT molecular complexity index is 1830. The number of aromatic amines is 2. The van der Waals surface area contributed by atoms with Gasteiger partial charge in [0.15, 0.2) is 11.2 Å². The lowest BCUT2D eigenvalue weighted by Gasteiger charge is -2.11. The Morgan fingerprint density at radius 3 is 2.32 bits per heavy atom. The van der Waals surface area contributed by atoms with E-state index in [1.54, 1.807) is 24.3 Å². The van der Waals surface area contributed by atoms with E-state index in [9.17, 15) is 9.59 Å². The number of H-pyrrole nitrogens is 2. The molecule has 10 nitrogen and oxygen atoms in total. The van der Waals surface area contributed by atoms with Crippen LogP contribution in [0.25, 0.3) is 39.4 Å². The molecule has 0 radical (unpaired) electrons. The number of tetrazole rings is 1. The van der Waals surface area contributed by atoms with Crippen LogP contribution in [0.4, 0.5) is 0 Å². The fraction of sp³-hybridized carbons (Fsp3) is 0.143. The first-order chi connectivity index (χ1) is 18.6. The van der Waals surface area contributed by atoms with Crippen LogP contribution in [0.5, 0.6) is 0 Å². The molecule has 3 aromatic heterocycles. The molecule has 0 aliphatic rings. The quantitative estimate of drug-likeness (QED) is 0.341. The summed E-state index contributed by atoms with van der Waals surface area (Å²) in [6.07, 6.45) is 1.53. The molecule has 0 bridgehead atoms. The lowest BCUT2D eigenvalue weighted by atomic mass is 9.98. The summed E-state index contributed by atoms with van der Waals surface area (Å²) >= 11 is 0. The van der Waals surface area contributed by atoms with Crippen molar-refractivity contribution < 1.29 is 0 Å². The number of aryl methyl sites for hydroxylation is 1. The highest BCUT2D eigenvalue weighted by Gasteiger charge is 2.19. The maximum atomic E-state index is 13.6. The molecule has 10 heteroatoms. The highest BCUT2D eigenvalue weighted by molar-refractivity contribution is 5.80. The van der Waals surface area contributed by atoms with Crippen molar-refractivity contribution in [2.75, 3.05) is 0 Å². The molecule has 0 aliphatic carbocycles. The Balaban J connectivity index is 1.42. The molecule has 3 heterocycles. The minimum absolute atomic E-state index is 0.307. The molecule has 6 aromatic rings. The van der Waals surface area contributed by atoms with E-state index in [4.69, 9.17) is 0 Å². The SMILES string of the molecule is CCCc1nc2[nH]c(=O)n(-c3ccccc3)c(=O)c2n1Cc1ccc(-c2ccccc2-c2nn[nH]n2)cc1. The summed E-state index contributed by atoms with van der Waals surface area (Å²) in [5.41, 5.74) is 4.17. The molecule has 38 heavy (non-hydrogen) atoms. The number of aromatic nitrogens is 8. The van der Waals surface area contributed by atoms with Crippen LogP contribution in [-0.4, -0.2) is 39.7 Å². The first-order valence-electron chi connectivity index (χ1n) is 12.4. The molecular formula is C28H24N8O2. The fourth-order valence-corrected chi connectivity index (χ4v) is 4.73. The van der Waals surface area contributed by atoms with Gasteiger partial charge in [-0.1, -0.05) is 73.7 Å². The second-order valence-electron chi connectivity index (χ2n) is 8.95. The van der Waals surface area contributed by atoms with Gasteiger partial charge in [-0.3, -0.25) is 9.78 Å². The van der Waals surface area contributed by atoms with Gasteiger partial charge in [0.2, 0.25) is 5.82 Å². The molecule has 188 valence electrons. The van der Waals surface area contributed by atoms with E-state index in [1.165, 1.54) is 0 Å². The minimum Gasteiger partial charge on any atom is -0.318 e. The summed E-state index contributed by atoms with van der Waals surface area (Å²) in [6, 6.07) is 24.9. The average Bonchev–Trinajstić information content (AvgIpc) is 3.59. The van der Waals surface area contributed by atoms with E-state index < -0.39 is 11.2 Å². The molecule has 0 atom stereocenters. The van der Waals surface area contributed by atoms with Crippen LogP contribution < -0.4 is 11.2 Å². The largest absolute Gasteiger partial charge is 0.334 e. The molecule has 3 aromatic carbocycles. The number of para-hydroxylation sites is 1. The summed E-state index contributed by atoms with van der Waals surface area (Å²) in [7, 11) is 0. The highest BCUT2D eigenvalue weighted by atomic mass is 16.2. The van der Waals surface area contributed by atoms with Gasteiger partial charge in [-0.15, -0.1) is 10.2 Å². The van der Waals surface area contributed by atoms with E-state index in [2.05, 4.69) is 37.5 Å². The van der Waals surface area contributed by atoms with Crippen LogP contribution in [0.15, 0.2) is 88.5 Å². The number of hydrogen-bond acceptors (Lipinski definition) is 6. The number of imidazole rings is 1. The zero-order chi connectivity index (χ0) is 26.1. The van der Waals surface area contributed by atoms with Crippen LogP contribution in [-0.2, 0) is 13.0 Å². The van der Waals surface area contributed by atoms with Crippen molar-refractivity contribution in [3.63, 3.8) is 0 Å². The lowest BCUT2D eigenvalue weighted by Crippen LogP contribution is -2.34. The van der Waals surface area contributed by atoms with Crippen LogP contribution in [0.3, 0.4) is 0 Å². The van der Waals surface area contributed by atoms with Gasteiger partial charge in [0.05, 0.1) is 5.69 Å². The van der Waals surface area contributed by atoms with Crippen LogP contribution in [0, 0.1) is 0 Å². The molecule has 0 amide bonds. The van der Waals surface area contributed by atoms with Crippen molar-refractivity contribution in [1.82, 2.24) is 39.7 Å². The van der Waals surface area contributed by atoms with Crippen molar-refractivity contribution >= 4 is 11.2 Å². The van der Waals surface area contributed by atoms with Gasteiger partial charge in [-0.2, -0.15) is 5.21 Å². The number of hydrogen-bond donors (Lipinski definition) is 2. The van der Waals surface area contributed by atoms with Crippen molar-refractivity contribution in [2.45, 2.75) is 26.3 Å². The maximum Gasteiger partial charge on any atom is 0.334 e. The number of fused-ring (bicyclic) bond motifs is 1. The number of benzene rings is 3. The first kappa shape index (κ1) is 23.3. The first-order valence-corrected chi connectivity index (χ1v) is 12.4. The Labute approximate surface area is 216 Å². The standard InChI is InChI=1S/C28H24N8O2/c1-2-8-23-29-26-24(27(37)36(28(38)30-26)20-9-4-3-5-10-20)35(23)17-18-13-15-19(16-14-18)21-11-6-7-12-22(21)25-31-33-34-32-25/h3-7,9-16H,2,8,17H2,1H3,(H,30,38)(H,31,32,33,34). The zero-order valence-corrected chi connectivity index (χ0v) is 20.6. The van der Waals surface area contributed by atoms with Crippen LogP contribution >= 0.6 is 0 Å². The van der Waals surface area contributed by atoms with Gasteiger partial charge < -0.3 is 4.57 Å². The van der Waals surface area contributed by atoms with E-state index >= 15 is 0 Å². The summed E-state index contributed by atoms with van der Waals surface area (Å²) < 4.78 is 3.08. The second kappa shape index (κ2) is 9.74. The summed E-state index contributed by atoms with van der Waals surface area (Å²) in [5.74, 6) is 1.29. The fourth-order valence-electron chi connectivity index (χ4n) is 4.73. The molecule has 6 rings (SSSR count). The van der Waals surface area contributed by atoms with Gasteiger partial charge in [-0.05, 0) is 40.5 Å². The van der Waals surface area contributed by atoms with Gasteiger partial charge in [0.1, 0.15) is 5.82 Å². The van der Waals surface area contributed by atoms with E-state index in [1.807, 2.05) is 59.2 Å². The molecule has 0 saturated carbocycles. The Kier molecular flexibility index (Phi) is 5.97. The van der Waals surface area contributed by atoms with Crippen molar-refractivity contribution in [3.05, 3.63) is 111 Å². The summed E-state index contributed by atoms with van der Waals surface area (Å²) in [4.78, 5) is 33.9. The topological polar surface area (TPSA) is 127 Å². The number of rotatable bonds is 7. The Morgan fingerprint density at radius 1 is 0.868 bits per heavy atom. The zero-order valence-electron chi connectivity index (χ0n) is 20.6. The predicted molar refractivity (Wildman–Crippen MR) is 144 cm³/mol. The van der Waals surface area contributed by atoms with Gasteiger partial charge in [0, 0.05) is 18.5 Å². The average molecular weight is 505 g/mol. The van der Waals surface area contributed by atoms with E-state index in [0.29, 0.717) is 35.6 Å². The Morgan fingerprint density at radius 2 is 1.61 bits per heavy atom. The van der Waals surface area contributed by atoms with Crippen LogP contribution in [0.2, 0.25) is 0 Å². The van der Waals surface area contributed by atoms with Crippen molar-refractivity contribution in [3.8, 4) is 28.2 Å². The molecule has 2 N–H and O–H groups in total. The highest BCUT2D eigenvalue weighted by Crippen LogP contribution is 2.30.